The van der Waals surface area contributed by atoms with Crippen LogP contribution in [0.3, 0.4) is 0 Å². The Morgan fingerprint density at radius 1 is 0.897 bits per heavy atom. The van der Waals surface area contributed by atoms with Crippen molar-refractivity contribution in [3.05, 3.63) is 109 Å². The number of rotatable bonds is 6. The molecule has 0 bridgehead atoms. The second kappa shape index (κ2) is 9.53. The Hall–Kier alpha value is -5.31. The highest BCUT2D eigenvalue weighted by atomic mass is 16.2. The Morgan fingerprint density at radius 3 is 2.51 bits per heavy atom. The van der Waals surface area contributed by atoms with Crippen LogP contribution < -0.4 is 5.32 Å². The van der Waals surface area contributed by atoms with Gasteiger partial charge in [-0.05, 0) is 53.6 Å². The highest BCUT2D eigenvalue weighted by Crippen LogP contribution is 2.30. The lowest BCUT2D eigenvalue weighted by Gasteiger charge is -2.39. The molecule has 190 valence electrons. The fourth-order valence-corrected chi connectivity index (χ4v) is 4.91. The van der Waals surface area contributed by atoms with Gasteiger partial charge in [-0.25, -0.2) is 9.97 Å². The average molecular weight is 513 g/mol. The molecule has 1 aliphatic heterocycles. The highest BCUT2D eigenvalue weighted by molar-refractivity contribution is 5.99. The fraction of sp³-hybridized carbons (Fsp3) is 0.100. The largest absolute Gasteiger partial charge is 0.351 e. The normalized spacial score (nSPS) is 13.4. The van der Waals surface area contributed by atoms with E-state index in [0.29, 0.717) is 36.3 Å². The van der Waals surface area contributed by atoms with E-state index >= 15 is 0 Å². The Morgan fingerprint density at radius 2 is 1.72 bits per heavy atom. The number of nitrogens with zero attached hydrogens (tertiary/aromatic N) is 5. The summed E-state index contributed by atoms with van der Waals surface area (Å²) in [6.07, 6.45) is 8.99. The van der Waals surface area contributed by atoms with E-state index in [0.717, 1.165) is 33.3 Å². The third-order valence-corrected chi connectivity index (χ3v) is 7.10. The van der Waals surface area contributed by atoms with Crippen molar-refractivity contribution in [2.24, 2.45) is 0 Å². The van der Waals surface area contributed by atoms with Crippen LogP contribution in [0.1, 0.15) is 22.0 Å². The molecular formula is C30H24N8O. The number of hydrogen-bond acceptors (Lipinski definition) is 6. The Balaban J connectivity index is 1.06. The van der Waals surface area contributed by atoms with E-state index in [9.17, 15) is 4.79 Å². The Bertz CT molecular complexity index is 1750. The van der Waals surface area contributed by atoms with Gasteiger partial charge in [0.2, 0.25) is 0 Å². The van der Waals surface area contributed by atoms with Crippen LogP contribution in [0.5, 0.6) is 0 Å². The van der Waals surface area contributed by atoms with Crippen LogP contribution in [0, 0.1) is 0 Å². The standard InChI is InChI=1S/C30H24N8O/c39-30(38-17-24(18-38)20-7-10-31-11-8-20)27-13-21-1-2-22(14-26(21)36-27)29-32-12-9-28(37-29)35-25-5-3-19(4-6-25)23-15-33-34-16-23/h1-16,24,36H,17-18H2,(H,33,34)(H,32,35,37). The number of hydrogen-bond donors (Lipinski definition) is 3. The lowest BCUT2D eigenvalue weighted by atomic mass is 9.92. The molecule has 7 rings (SSSR count). The number of fused-ring (bicyclic) bond motifs is 1. The number of carbonyl (C=O) groups excluding carboxylic acids is 1. The second-order valence-electron chi connectivity index (χ2n) is 9.63. The molecule has 0 saturated carbocycles. The summed E-state index contributed by atoms with van der Waals surface area (Å²) in [4.78, 5) is 31.5. The smallest absolute Gasteiger partial charge is 0.270 e. The van der Waals surface area contributed by atoms with Crippen molar-refractivity contribution in [2.45, 2.75) is 5.92 Å². The van der Waals surface area contributed by atoms with Gasteiger partial charge >= 0.3 is 0 Å². The molecule has 0 unspecified atom stereocenters. The number of aromatic amines is 2. The third kappa shape index (κ3) is 4.50. The lowest BCUT2D eigenvalue weighted by molar-refractivity contribution is 0.0597. The first-order chi connectivity index (χ1) is 19.2. The van der Waals surface area contributed by atoms with Crippen LogP contribution >= 0.6 is 0 Å². The van der Waals surface area contributed by atoms with Crippen molar-refractivity contribution >= 4 is 28.3 Å². The van der Waals surface area contributed by atoms with E-state index in [1.807, 2.05) is 77.8 Å². The molecule has 1 amide bonds. The first-order valence-corrected chi connectivity index (χ1v) is 12.7. The molecule has 9 nitrogen and oxygen atoms in total. The van der Waals surface area contributed by atoms with Crippen molar-refractivity contribution in [1.82, 2.24) is 35.0 Å². The first kappa shape index (κ1) is 22.9. The average Bonchev–Trinajstić information content (AvgIpc) is 3.64. The minimum absolute atomic E-state index is 0.0132. The molecule has 4 aromatic heterocycles. The maximum Gasteiger partial charge on any atom is 0.270 e. The highest BCUT2D eigenvalue weighted by Gasteiger charge is 2.32. The van der Waals surface area contributed by atoms with E-state index in [1.165, 1.54) is 5.56 Å². The predicted octanol–water partition coefficient (Wildman–Crippen LogP) is 5.39. The third-order valence-electron chi connectivity index (χ3n) is 7.10. The molecular weight excluding hydrogens is 488 g/mol. The summed E-state index contributed by atoms with van der Waals surface area (Å²) in [6.45, 7) is 1.42. The van der Waals surface area contributed by atoms with Gasteiger partial charge in [-0.1, -0.05) is 24.3 Å². The van der Waals surface area contributed by atoms with Gasteiger partial charge in [0, 0.05) is 71.5 Å². The number of H-pyrrole nitrogens is 2. The van der Waals surface area contributed by atoms with E-state index in [2.05, 4.69) is 30.5 Å². The van der Waals surface area contributed by atoms with E-state index in [-0.39, 0.29) is 5.91 Å². The topological polar surface area (TPSA) is 115 Å². The minimum atomic E-state index is 0.0132. The van der Waals surface area contributed by atoms with E-state index in [4.69, 9.17) is 4.98 Å². The number of aromatic nitrogens is 6. The Labute approximate surface area is 224 Å². The second-order valence-corrected chi connectivity index (χ2v) is 9.63. The molecule has 5 heterocycles. The molecule has 9 heteroatoms. The number of amides is 1. The monoisotopic (exact) mass is 512 g/mol. The van der Waals surface area contributed by atoms with E-state index < -0.39 is 0 Å². The molecule has 0 atom stereocenters. The minimum Gasteiger partial charge on any atom is -0.351 e. The van der Waals surface area contributed by atoms with Gasteiger partial charge in [-0.2, -0.15) is 5.10 Å². The number of pyridine rings is 1. The molecule has 1 fully saturated rings. The first-order valence-electron chi connectivity index (χ1n) is 12.7. The van der Waals surface area contributed by atoms with Crippen molar-refractivity contribution in [3.63, 3.8) is 0 Å². The lowest BCUT2D eigenvalue weighted by Crippen LogP contribution is -2.48. The molecule has 39 heavy (non-hydrogen) atoms. The summed E-state index contributed by atoms with van der Waals surface area (Å²) in [7, 11) is 0. The van der Waals surface area contributed by atoms with Crippen LogP contribution in [-0.4, -0.2) is 54.0 Å². The Kier molecular flexibility index (Phi) is 5.59. The SMILES string of the molecule is O=C(c1cc2ccc(-c3nccc(Nc4ccc(-c5cn[nH]c5)cc4)n3)cc2[nH]1)N1CC(c2ccncc2)C1. The zero-order valence-electron chi connectivity index (χ0n) is 20.9. The summed E-state index contributed by atoms with van der Waals surface area (Å²) in [5, 5.41) is 11.2. The van der Waals surface area contributed by atoms with Gasteiger partial charge in [0.1, 0.15) is 11.5 Å². The van der Waals surface area contributed by atoms with Gasteiger partial charge in [-0.15, -0.1) is 0 Å². The molecule has 3 N–H and O–H groups in total. The number of carbonyl (C=O) groups is 1. The van der Waals surface area contributed by atoms with Gasteiger partial charge in [-0.3, -0.25) is 14.9 Å². The van der Waals surface area contributed by atoms with Crippen LogP contribution in [0.15, 0.2) is 97.7 Å². The summed E-state index contributed by atoms with van der Waals surface area (Å²) in [5.74, 6) is 1.67. The van der Waals surface area contributed by atoms with Gasteiger partial charge < -0.3 is 15.2 Å². The molecule has 0 radical (unpaired) electrons. The van der Waals surface area contributed by atoms with Gasteiger partial charge in [0.05, 0.1) is 6.20 Å². The number of likely N-dealkylation sites (tertiary alicyclic amines) is 1. The van der Waals surface area contributed by atoms with Crippen LogP contribution in [-0.2, 0) is 0 Å². The summed E-state index contributed by atoms with van der Waals surface area (Å²) in [6, 6.07) is 21.8. The fourth-order valence-electron chi connectivity index (χ4n) is 4.91. The van der Waals surface area contributed by atoms with Crippen molar-refractivity contribution < 1.29 is 4.79 Å². The quantitative estimate of drug-likeness (QED) is 0.275. The predicted molar refractivity (Wildman–Crippen MR) is 150 cm³/mol. The summed E-state index contributed by atoms with van der Waals surface area (Å²) in [5.41, 5.74) is 6.59. The van der Waals surface area contributed by atoms with Crippen LogP contribution in [0.25, 0.3) is 33.4 Å². The summed E-state index contributed by atoms with van der Waals surface area (Å²) >= 11 is 0. The molecule has 0 aliphatic carbocycles. The maximum atomic E-state index is 13.1. The van der Waals surface area contributed by atoms with E-state index in [1.54, 1.807) is 24.8 Å². The number of anilines is 2. The van der Waals surface area contributed by atoms with Crippen LogP contribution in [0.4, 0.5) is 11.5 Å². The molecule has 1 saturated heterocycles. The number of benzene rings is 2. The summed E-state index contributed by atoms with van der Waals surface area (Å²) < 4.78 is 0. The zero-order valence-corrected chi connectivity index (χ0v) is 20.9. The van der Waals surface area contributed by atoms with Gasteiger partial charge in [0.25, 0.3) is 5.91 Å². The van der Waals surface area contributed by atoms with Crippen molar-refractivity contribution in [3.8, 4) is 22.5 Å². The molecule has 2 aromatic carbocycles. The molecule has 1 aliphatic rings. The van der Waals surface area contributed by atoms with Gasteiger partial charge in [0.15, 0.2) is 5.82 Å². The van der Waals surface area contributed by atoms with Crippen molar-refractivity contribution in [2.75, 3.05) is 18.4 Å². The zero-order chi connectivity index (χ0) is 26.2. The van der Waals surface area contributed by atoms with Crippen LogP contribution in [0.2, 0.25) is 0 Å². The number of nitrogens with one attached hydrogen (secondary N) is 3. The molecule has 0 spiro atoms. The molecule has 6 aromatic rings. The maximum absolute atomic E-state index is 13.1. The van der Waals surface area contributed by atoms with Crippen molar-refractivity contribution in [1.29, 1.82) is 0 Å².